The number of non-ortho nitro benzene ring substituents is 1. The number of rotatable bonds is 4. The maximum atomic E-state index is 13.0. The van der Waals surface area contributed by atoms with Crippen molar-refractivity contribution in [1.82, 2.24) is 14.9 Å². The number of fused-ring (bicyclic) bond motifs is 1. The first-order chi connectivity index (χ1) is 16.5. The molecule has 0 aliphatic carbocycles. The monoisotopic (exact) mass is 455 g/mol. The molecular formula is C25H21N5O4. The summed E-state index contributed by atoms with van der Waals surface area (Å²) in [5.74, 6) is 0.727. The van der Waals surface area contributed by atoms with Crippen LogP contribution >= 0.6 is 0 Å². The van der Waals surface area contributed by atoms with E-state index in [1.165, 1.54) is 18.2 Å². The molecular weight excluding hydrogens is 434 g/mol. The lowest BCUT2D eigenvalue weighted by molar-refractivity contribution is -0.384. The summed E-state index contributed by atoms with van der Waals surface area (Å²) in [6, 6.07) is 18.8. The lowest BCUT2D eigenvalue weighted by atomic mass is 10.1. The van der Waals surface area contributed by atoms with Crippen LogP contribution in [0.5, 0.6) is 0 Å². The topological polar surface area (TPSA) is 112 Å². The molecule has 0 spiro atoms. The predicted octanol–water partition coefficient (Wildman–Crippen LogP) is 3.46. The summed E-state index contributed by atoms with van der Waals surface area (Å²) in [7, 11) is 0. The molecule has 2 aromatic carbocycles. The summed E-state index contributed by atoms with van der Waals surface area (Å²) < 4.78 is 0. The molecule has 1 aliphatic heterocycles. The summed E-state index contributed by atoms with van der Waals surface area (Å²) in [6.07, 6.45) is 1.71. The van der Waals surface area contributed by atoms with Crippen molar-refractivity contribution in [2.24, 2.45) is 0 Å². The zero-order chi connectivity index (χ0) is 23.7. The first-order valence-electron chi connectivity index (χ1n) is 10.9. The molecule has 34 heavy (non-hydrogen) atoms. The number of nitrogens with zero attached hydrogens (tertiary/aromatic N) is 4. The third kappa shape index (κ3) is 4.23. The van der Waals surface area contributed by atoms with Crippen LogP contribution in [0.4, 0.5) is 11.5 Å². The van der Waals surface area contributed by atoms with Crippen molar-refractivity contribution in [1.29, 1.82) is 0 Å². The van der Waals surface area contributed by atoms with Crippen LogP contribution < -0.4 is 10.5 Å². The molecule has 1 aliphatic rings. The van der Waals surface area contributed by atoms with Gasteiger partial charge in [-0.15, -0.1) is 0 Å². The molecule has 1 amide bonds. The van der Waals surface area contributed by atoms with E-state index in [4.69, 9.17) is 0 Å². The van der Waals surface area contributed by atoms with Crippen molar-refractivity contribution in [3.63, 3.8) is 0 Å². The van der Waals surface area contributed by atoms with Crippen LogP contribution in [0.3, 0.4) is 0 Å². The van der Waals surface area contributed by atoms with E-state index in [-0.39, 0.29) is 17.2 Å². The van der Waals surface area contributed by atoms with Crippen LogP contribution in [0, 0.1) is 10.1 Å². The number of carbonyl (C=O) groups excluding carboxylic acids is 1. The minimum absolute atomic E-state index is 0.0418. The van der Waals surface area contributed by atoms with Gasteiger partial charge in [0.25, 0.3) is 11.6 Å². The predicted molar refractivity (Wildman–Crippen MR) is 129 cm³/mol. The molecule has 0 radical (unpaired) electrons. The highest BCUT2D eigenvalue weighted by atomic mass is 16.6. The molecule has 9 nitrogen and oxygen atoms in total. The first-order valence-corrected chi connectivity index (χ1v) is 10.9. The van der Waals surface area contributed by atoms with Gasteiger partial charge in [-0.1, -0.05) is 18.2 Å². The van der Waals surface area contributed by atoms with Gasteiger partial charge in [-0.25, -0.2) is 4.98 Å². The molecule has 1 N–H and O–H groups in total. The van der Waals surface area contributed by atoms with Crippen molar-refractivity contribution < 1.29 is 9.72 Å². The van der Waals surface area contributed by atoms with Crippen LogP contribution in [-0.4, -0.2) is 51.9 Å². The number of aromatic nitrogens is 2. The Bertz CT molecular complexity index is 1440. The summed E-state index contributed by atoms with van der Waals surface area (Å²) in [5.41, 5.74) is 2.57. The van der Waals surface area contributed by atoms with Crippen LogP contribution in [0.25, 0.3) is 22.0 Å². The molecule has 0 unspecified atom stereocenters. The summed E-state index contributed by atoms with van der Waals surface area (Å²) in [5, 5.41) is 11.9. The van der Waals surface area contributed by atoms with E-state index < -0.39 is 4.92 Å². The van der Waals surface area contributed by atoms with Gasteiger partial charge in [0.2, 0.25) is 5.56 Å². The third-order valence-electron chi connectivity index (χ3n) is 6.00. The van der Waals surface area contributed by atoms with Gasteiger partial charge >= 0.3 is 0 Å². The number of nitro groups is 1. The Balaban J connectivity index is 1.25. The molecule has 3 heterocycles. The Morgan fingerprint density at radius 1 is 0.941 bits per heavy atom. The average molecular weight is 455 g/mol. The van der Waals surface area contributed by atoms with E-state index in [1.54, 1.807) is 35.4 Å². The third-order valence-corrected chi connectivity index (χ3v) is 6.00. The fourth-order valence-corrected chi connectivity index (χ4v) is 4.15. The SMILES string of the molecule is O=C(c1ccc2ccc(=O)[nH]c2c1)N1CCN(c2ccc(-c3cccc([N+](=O)[O-])c3)cn2)CC1. The number of hydrogen-bond acceptors (Lipinski definition) is 6. The molecule has 1 fully saturated rings. The molecule has 9 heteroatoms. The van der Waals surface area contributed by atoms with Gasteiger partial charge in [0.15, 0.2) is 0 Å². The highest BCUT2D eigenvalue weighted by molar-refractivity contribution is 5.97. The van der Waals surface area contributed by atoms with E-state index in [2.05, 4.69) is 14.9 Å². The van der Waals surface area contributed by atoms with Crippen molar-refractivity contribution in [3.05, 3.63) is 99.0 Å². The number of piperazine rings is 1. The number of carbonyl (C=O) groups is 1. The zero-order valence-electron chi connectivity index (χ0n) is 18.2. The minimum Gasteiger partial charge on any atom is -0.353 e. The Hall–Kier alpha value is -4.53. The molecule has 170 valence electrons. The van der Waals surface area contributed by atoms with Crippen LogP contribution in [0.2, 0.25) is 0 Å². The molecule has 0 bridgehead atoms. The lowest BCUT2D eigenvalue weighted by Crippen LogP contribution is -2.49. The number of benzene rings is 2. The average Bonchev–Trinajstić information content (AvgIpc) is 2.88. The number of hydrogen-bond donors (Lipinski definition) is 1. The highest BCUT2D eigenvalue weighted by Crippen LogP contribution is 2.25. The minimum atomic E-state index is -0.413. The smallest absolute Gasteiger partial charge is 0.270 e. The molecule has 5 rings (SSSR count). The second kappa shape index (κ2) is 8.78. The van der Waals surface area contributed by atoms with Crippen LogP contribution in [0.15, 0.2) is 77.7 Å². The Labute approximate surface area is 194 Å². The quantitative estimate of drug-likeness (QED) is 0.373. The number of pyridine rings is 2. The van der Waals surface area contributed by atoms with Crippen molar-refractivity contribution in [3.8, 4) is 11.1 Å². The van der Waals surface area contributed by atoms with Crippen molar-refractivity contribution >= 4 is 28.3 Å². The highest BCUT2D eigenvalue weighted by Gasteiger charge is 2.23. The van der Waals surface area contributed by atoms with Gasteiger partial charge in [-0.2, -0.15) is 0 Å². The second-order valence-corrected chi connectivity index (χ2v) is 8.12. The largest absolute Gasteiger partial charge is 0.353 e. The van der Waals surface area contributed by atoms with Gasteiger partial charge in [-0.3, -0.25) is 19.7 Å². The maximum absolute atomic E-state index is 13.0. The van der Waals surface area contributed by atoms with Gasteiger partial charge < -0.3 is 14.8 Å². The van der Waals surface area contributed by atoms with Crippen molar-refractivity contribution in [2.45, 2.75) is 0 Å². The molecule has 0 saturated carbocycles. The number of anilines is 1. The zero-order valence-corrected chi connectivity index (χ0v) is 18.2. The fourth-order valence-electron chi connectivity index (χ4n) is 4.15. The van der Waals surface area contributed by atoms with Crippen LogP contribution in [0.1, 0.15) is 10.4 Å². The van der Waals surface area contributed by atoms with E-state index in [0.29, 0.717) is 37.3 Å². The van der Waals surface area contributed by atoms with E-state index in [9.17, 15) is 19.7 Å². The molecule has 2 aromatic heterocycles. The fraction of sp³-hybridized carbons (Fsp3) is 0.160. The summed E-state index contributed by atoms with van der Waals surface area (Å²) >= 11 is 0. The lowest BCUT2D eigenvalue weighted by Gasteiger charge is -2.35. The van der Waals surface area contributed by atoms with Gasteiger partial charge in [0.1, 0.15) is 5.82 Å². The molecule has 0 atom stereocenters. The Kier molecular flexibility index (Phi) is 5.51. The number of aromatic amines is 1. The number of amides is 1. The van der Waals surface area contributed by atoms with Crippen LogP contribution in [-0.2, 0) is 0 Å². The summed E-state index contributed by atoms with van der Waals surface area (Å²) in [4.78, 5) is 46.4. The van der Waals surface area contributed by atoms with Gasteiger partial charge in [0, 0.05) is 67.2 Å². The van der Waals surface area contributed by atoms with E-state index in [1.807, 2.05) is 24.3 Å². The van der Waals surface area contributed by atoms with Crippen molar-refractivity contribution in [2.75, 3.05) is 31.1 Å². The molecule has 1 saturated heterocycles. The van der Waals surface area contributed by atoms with E-state index >= 15 is 0 Å². The first kappa shape index (κ1) is 21.3. The normalized spacial score (nSPS) is 13.8. The second-order valence-electron chi connectivity index (χ2n) is 8.12. The maximum Gasteiger partial charge on any atom is 0.270 e. The summed E-state index contributed by atoms with van der Waals surface area (Å²) in [6.45, 7) is 2.38. The van der Waals surface area contributed by atoms with Gasteiger partial charge in [0.05, 0.1) is 4.92 Å². The number of H-pyrrole nitrogens is 1. The number of nitrogens with one attached hydrogen (secondary N) is 1. The number of nitro benzene ring substituents is 1. The standard InChI is InChI=1S/C25H21N5O4/c31-24-9-7-17-4-5-19(15-22(17)27-24)25(32)29-12-10-28(11-13-29)23-8-6-20(16-26-23)18-2-1-3-21(14-18)30(33)34/h1-9,14-16H,10-13H2,(H,27,31). The Morgan fingerprint density at radius 2 is 1.74 bits per heavy atom. The Morgan fingerprint density at radius 3 is 2.47 bits per heavy atom. The van der Waals surface area contributed by atoms with Gasteiger partial charge in [-0.05, 0) is 41.3 Å². The molecule has 4 aromatic rings. The van der Waals surface area contributed by atoms with E-state index in [0.717, 1.165) is 22.3 Å².